The summed E-state index contributed by atoms with van der Waals surface area (Å²) < 4.78 is 0. The number of nitrogen functional groups attached to an aromatic ring is 1. The number of hydrogen-bond donors (Lipinski definition) is 3. The fourth-order valence-electron chi connectivity index (χ4n) is 0.665. The average Bonchev–Trinajstić information content (AvgIpc) is 2.50. The van der Waals surface area contributed by atoms with Crippen LogP contribution in [0.5, 0.6) is 0 Å². The van der Waals surface area contributed by atoms with Crippen molar-refractivity contribution in [1.82, 2.24) is 5.43 Å². The SMILES string of the molecule is CNc1ccc(C(=O)NN)s1.Cl. The lowest BCUT2D eigenvalue weighted by Gasteiger charge is -1.92. The largest absolute Gasteiger partial charge is 0.380 e. The Hall–Kier alpha value is -0.780. The van der Waals surface area contributed by atoms with Gasteiger partial charge in [0.2, 0.25) is 0 Å². The number of amides is 1. The zero-order valence-electron chi connectivity index (χ0n) is 6.46. The van der Waals surface area contributed by atoms with Crippen LogP contribution in [-0.4, -0.2) is 13.0 Å². The zero-order chi connectivity index (χ0) is 8.27. The van der Waals surface area contributed by atoms with Gasteiger partial charge in [0.15, 0.2) is 0 Å². The molecule has 0 spiro atoms. The van der Waals surface area contributed by atoms with Gasteiger partial charge in [-0.25, -0.2) is 5.84 Å². The Morgan fingerprint density at radius 3 is 2.67 bits per heavy atom. The molecule has 1 amide bonds. The highest BCUT2D eigenvalue weighted by Gasteiger charge is 2.05. The van der Waals surface area contributed by atoms with Crippen molar-refractivity contribution in [1.29, 1.82) is 0 Å². The third-order valence-electron chi connectivity index (χ3n) is 1.21. The molecule has 0 radical (unpaired) electrons. The predicted octanol–water partition coefficient (Wildman–Crippen LogP) is 0.815. The molecule has 6 heteroatoms. The van der Waals surface area contributed by atoms with Crippen molar-refractivity contribution < 1.29 is 4.79 Å². The number of nitrogens with one attached hydrogen (secondary N) is 2. The molecule has 1 aromatic heterocycles. The molecule has 0 aliphatic carbocycles. The lowest BCUT2D eigenvalue weighted by atomic mass is 10.4. The molecular formula is C6H10ClN3OS. The van der Waals surface area contributed by atoms with Crippen molar-refractivity contribution in [3.05, 3.63) is 17.0 Å². The lowest BCUT2D eigenvalue weighted by molar-refractivity contribution is 0.0957. The second-order valence-corrected chi connectivity index (χ2v) is 2.97. The molecule has 0 aliphatic heterocycles. The summed E-state index contributed by atoms with van der Waals surface area (Å²) in [6, 6.07) is 3.55. The summed E-state index contributed by atoms with van der Waals surface area (Å²) in [6.45, 7) is 0. The molecule has 0 saturated heterocycles. The van der Waals surface area contributed by atoms with Gasteiger partial charge >= 0.3 is 0 Å². The molecule has 0 fully saturated rings. The molecule has 4 N–H and O–H groups in total. The van der Waals surface area contributed by atoms with E-state index in [-0.39, 0.29) is 18.3 Å². The van der Waals surface area contributed by atoms with E-state index in [2.05, 4.69) is 10.7 Å². The summed E-state index contributed by atoms with van der Waals surface area (Å²) >= 11 is 1.36. The standard InChI is InChI=1S/C6H9N3OS.ClH/c1-8-5-3-2-4(11-5)6(10)9-7;/h2-3,8H,7H2,1H3,(H,9,10);1H. The number of hydrazine groups is 1. The number of carbonyl (C=O) groups is 1. The minimum atomic E-state index is -0.253. The fraction of sp³-hybridized carbons (Fsp3) is 0.167. The Bertz CT molecular complexity index is 263. The highest BCUT2D eigenvalue weighted by molar-refractivity contribution is 7.17. The maximum absolute atomic E-state index is 10.9. The van der Waals surface area contributed by atoms with E-state index in [9.17, 15) is 4.79 Å². The minimum Gasteiger partial charge on any atom is -0.380 e. The van der Waals surface area contributed by atoms with E-state index >= 15 is 0 Å². The number of anilines is 1. The van der Waals surface area contributed by atoms with Crippen LogP contribution in [0.25, 0.3) is 0 Å². The Morgan fingerprint density at radius 1 is 1.58 bits per heavy atom. The van der Waals surface area contributed by atoms with Crippen LogP contribution < -0.4 is 16.6 Å². The molecule has 0 unspecified atom stereocenters. The van der Waals surface area contributed by atoms with Crippen LogP contribution in [0.3, 0.4) is 0 Å². The quantitative estimate of drug-likeness (QED) is 0.382. The van der Waals surface area contributed by atoms with E-state index in [1.54, 1.807) is 13.1 Å². The van der Waals surface area contributed by atoms with Crippen LogP contribution in [0.2, 0.25) is 0 Å². The Morgan fingerprint density at radius 2 is 2.25 bits per heavy atom. The molecule has 0 saturated carbocycles. The first-order valence-electron chi connectivity index (χ1n) is 3.06. The van der Waals surface area contributed by atoms with Crippen LogP contribution in [0.4, 0.5) is 5.00 Å². The van der Waals surface area contributed by atoms with E-state index in [1.165, 1.54) is 11.3 Å². The van der Waals surface area contributed by atoms with Crippen LogP contribution in [0.15, 0.2) is 12.1 Å². The maximum Gasteiger partial charge on any atom is 0.275 e. The van der Waals surface area contributed by atoms with E-state index in [0.29, 0.717) is 4.88 Å². The summed E-state index contributed by atoms with van der Waals surface area (Å²) in [6.07, 6.45) is 0. The molecule has 0 aromatic carbocycles. The number of carbonyl (C=O) groups excluding carboxylic acids is 1. The number of thiophene rings is 1. The van der Waals surface area contributed by atoms with Gasteiger partial charge in [0, 0.05) is 7.05 Å². The molecule has 1 aromatic rings. The minimum absolute atomic E-state index is 0. The average molecular weight is 208 g/mol. The number of rotatable bonds is 2. The van der Waals surface area contributed by atoms with E-state index in [1.807, 2.05) is 6.07 Å². The lowest BCUT2D eigenvalue weighted by Crippen LogP contribution is -2.29. The van der Waals surface area contributed by atoms with Gasteiger partial charge in [-0.1, -0.05) is 0 Å². The summed E-state index contributed by atoms with van der Waals surface area (Å²) in [5.41, 5.74) is 2.06. The fourth-order valence-corrected chi connectivity index (χ4v) is 1.43. The molecule has 1 rings (SSSR count). The monoisotopic (exact) mass is 207 g/mol. The highest BCUT2D eigenvalue weighted by atomic mass is 35.5. The van der Waals surface area contributed by atoms with E-state index in [0.717, 1.165) is 5.00 Å². The van der Waals surface area contributed by atoms with Gasteiger partial charge in [-0.05, 0) is 12.1 Å². The van der Waals surface area contributed by atoms with Gasteiger partial charge in [-0.2, -0.15) is 0 Å². The number of hydrogen-bond acceptors (Lipinski definition) is 4. The van der Waals surface area contributed by atoms with Gasteiger partial charge in [-0.15, -0.1) is 23.7 Å². The van der Waals surface area contributed by atoms with Crippen molar-refractivity contribution in [2.45, 2.75) is 0 Å². The topological polar surface area (TPSA) is 67.2 Å². The van der Waals surface area contributed by atoms with Crippen LogP contribution >= 0.6 is 23.7 Å². The predicted molar refractivity (Wildman–Crippen MR) is 52.8 cm³/mol. The molecule has 0 atom stereocenters. The first-order chi connectivity index (χ1) is 5.27. The summed E-state index contributed by atoms with van der Waals surface area (Å²) in [5, 5.41) is 3.87. The van der Waals surface area contributed by atoms with Gasteiger partial charge in [0.1, 0.15) is 0 Å². The molecule has 0 aliphatic rings. The van der Waals surface area contributed by atoms with Crippen molar-refractivity contribution in [3.63, 3.8) is 0 Å². The normalized spacial score (nSPS) is 8.50. The third-order valence-corrected chi connectivity index (χ3v) is 2.31. The molecular weight excluding hydrogens is 198 g/mol. The van der Waals surface area contributed by atoms with E-state index < -0.39 is 0 Å². The summed E-state index contributed by atoms with van der Waals surface area (Å²) in [5.74, 6) is 4.69. The van der Waals surface area contributed by atoms with Crippen molar-refractivity contribution in [2.24, 2.45) is 5.84 Å². The Balaban J connectivity index is 0.00000121. The molecule has 12 heavy (non-hydrogen) atoms. The first-order valence-corrected chi connectivity index (χ1v) is 3.88. The van der Waals surface area contributed by atoms with E-state index in [4.69, 9.17) is 5.84 Å². The smallest absolute Gasteiger partial charge is 0.275 e. The van der Waals surface area contributed by atoms with Crippen LogP contribution in [0, 0.1) is 0 Å². The second-order valence-electron chi connectivity index (χ2n) is 1.89. The maximum atomic E-state index is 10.9. The summed E-state index contributed by atoms with van der Waals surface area (Å²) in [4.78, 5) is 11.5. The van der Waals surface area contributed by atoms with Crippen LogP contribution in [-0.2, 0) is 0 Å². The molecule has 4 nitrogen and oxygen atoms in total. The number of halogens is 1. The molecule has 1 heterocycles. The summed E-state index contributed by atoms with van der Waals surface area (Å²) in [7, 11) is 1.80. The molecule has 68 valence electrons. The van der Waals surface area contributed by atoms with Gasteiger partial charge in [0.25, 0.3) is 5.91 Å². The Kier molecular flexibility index (Phi) is 4.65. The van der Waals surface area contributed by atoms with Gasteiger partial charge in [0.05, 0.1) is 9.88 Å². The van der Waals surface area contributed by atoms with Crippen LogP contribution in [0.1, 0.15) is 9.67 Å². The van der Waals surface area contributed by atoms with Crippen molar-refractivity contribution in [2.75, 3.05) is 12.4 Å². The zero-order valence-corrected chi connectivity index (χ0v) is 8.09. The van der Waals surface area contributed by atoms with Gasteiger partial charge < -0.3 is 5.32 Å². The van der Waals surface area contributed by atoms with Crippen molar-refractivity contribution >= 4 is 34.7 Å². The highest BCUT2D eigenvalue weighted by Crippen LogP contribution is 2.20. The Labute approximate surface area is 80.5 Å². The van der Waals surface area contributed by atoms with Crippen molar-refractivity contribution in [3.8, 4) is 0 Å². The van der Waals surface area contributed by atoms with Gasteiger partial charge in [-0.3, -0.25) is 10.2 Å². The number of nitrogens with two attached hydrogens (primary N) is 1. The molecule has 0 bridgehead atoms. The third kappa shape index (κ3) is 2.37. The first kappa shape index (κ1) is 11.2. The second kappa shape index (κ2) is 4.97.